The van der Waals surface area contributed by atoms with E-state index in [9.17, 15) is 24.5 Å². The molecule has 0 atom stereocenters. The Kier molecular flexibility index (Phi) is 6.41. The first-order valence-corrected chi connectivity index (χ1v) is 6.46. The molecule has 1 rings (SSSR count). The summed E-state index contributed by atoms with van der Waals surface area (Å²) in [6.07, 6.45) is 1.43. The fourth-order valence-corrected chi connectivity index (χ4v) is 1.62. The molecule has 9 heteroatoms. The van der Waals surface area contributed by atoms with Crippen LogP contribution in [0.25, 0.3) is 0 Å². The van der Waals surface area contributed by atoms with E-state index in [4.69, 9.17) is 4.74 Å². The number of nitrogens with zero attached hydrogens (tertiary/aromatic N) is 1. The third kappa shape index (κ3) is 5.23. The first-order valence-electron chi connectivity index (χ1n) is 6.46. The Morgan fingerprint density at radius 1 is 1.39 bits per heavy atom. The summed E-state index contributed by atoms with van der Waals surface area (Å²) in [7, 11) is 0. The van der Waals surface area contributed by atoms with Crippen LogP contribution in [0.4, 0.5) is 10.5 Å². The standard InChI is InChI=1S/C14H15N3O6/c1-3-7-15-14(20)16-12(18)8-23-13(19)10-5-4-6-11(9(10)2)17(21)22/h3-6H,1,7-8H2,2H3,(H2,15,16,18,20). The Labute approximate surface area is 131 Å². The lowest BCUT2D eigenvalue weighted by Gasteiger charge is -2.08. The highest BCUT2D eigenvalue weighted by molar-refractivity contribution is 5.97. The Balaban J connectivity index is 2.62. The van der Waals surface area contributed by atoms with Crippen LogP contribution in [0.15, 0.2) is 30.9 Å². The fourth-order valence-electron chi connectivity index (χ4n) is 1.62. The molecule has 0 aromatic heterocycles. The average molecular weight is 321 g/mol. The number of imide groups is 1. The largest absolute Gasteiger partial charge is 0.452 e. The van der Waals surface area contributed by atoms with Crippen LogP contribution in [-0.2, 0) is 9.53 Å². The SMILES string of the molecule is C=CCNC(=O)NC(=O)COC(=O)c1cccc([N+](=O)[O-])c1C. The molecule has 0 fully saturated rings. The van der Waals surface area contributed by atoms with Gasteiger partial charge in [-0.3, -0.25) is 20.2 Å². The summed E-state index contributed by atoms with van der Waals surface area (Å²) >= 11 is 0. The highest BCUT2D eigenvalue weighted by Crippen LogP contribution is 2.21. The zero-order chi connectivity index (χ0) is 17.4. The van der Waals surface area contributed by atoms with Gasteiger partial charge in [0.05, 0.1) is 10.5 Å². The lowest BCUT2D eigenvalue weighted by Crippen LogP contribution is -2.41. The fraction of sp³-hybridized carbons (Fsp3) is 0.214. The number of carbonyl (C=O) groups is 3. The molecule has 23 heavy (non-hydrogen) atoms. The molecular weight excluding hydrogens is 306 g/mol. The van der Waals surface area contributed by atoms with E-state index in [-0.39, 0.29) is 23.4 Å². The summed E-state index contributed by atoms with van der Waals surface area (Å²) in [6, 6.07) is 3.18. The van der Waals surface area contributed by atoms with Gasteiger partial charge < -0.3 is 10.1 Å². The normalized spacial score (nSPS) is 9.61. The van der Waals surface area contributed by atoms with Crippen molar-refractivity contribution in [1.82, 2.24) is 10.6 Å². The van der Waals surface area contributed by atoms with Gasteiger partial charge in [0.25, 0.3) is 11.6 Å². The van der Waals surface area contributed by atoms with Gasteiger partial charge >= 0.3 is 12.0 Å². The van der Waals surface area contributed by atoms with Crippen molar-refractivity contribution in [3.8, 4) is 0 Å². The van der Waals surface area contributed by atoms with Crippen molar-refractivity contribution in [3.05, 3.63) is 52.1 Å². The molecular formula is C14H15N3O6. The second-order valence-corrected chi connectivity index (χ2v) is 4.33. The third-order valence-electron chi connectivity index (χ3n) is 2.72. The molecule has 0 heterocycles. The van der Waals surface area contributed by atoms with Crippen LogP contribution in [0.1, 0.15) is 15.9 Å². The number of urea groups is 1. The smallest absolute Gasteiger partial charge is 0.339 e. The molecule has 1 aromatic carbocycles. The summed E-state index contributed by atoms with van der Waals surface area (Å²) in [5, 5.41) is 15.1. The Morgan fingerprint density at radius 2 is 2.09 bits per heavy atom. The number of benzene rings is 1. The molecule has 0 saturated carbocycles. The zero-order valence-electron chi connectivity index (χ0n) is 12.3. The molecule has 0 unspecified atom stereocenters. The molecule has 0 aliphatic carbocycles. The summed E-state index contributed by atoms with van der Waals surface area (Å²) in [5.41, 5.74) is -0.123. The minimum absolute atomic E-state index is 0.0249. The predicted octanol–water partition coefficient (Wildman–Crippen LogP) is 1.07. The van der Waals surface area contributed by atoms with E-state index in [2.05, 4.69) is 11.9 Å². The van der Waals surface area contributed by atoms with Gasteiger partial charge in [-0.2, -0.15) is 0 Å². The van der Waals surface area contributed by atoms with E-state index in [1.807, 2.05) is 5.32 Å². The van der Waals surface area contributed by atoms with E-state index >= 15 is 0 Å². The molecule has 0 saturated heterocycles. The number of hydrogen-bond donors (Lipinski definition) is 2. The maximum atomic E-state index is 11.9. The Hall–Kier alpha value is -3.23. The zero-order valence-corrected chi connectivity index (χ0v) is 12.3. The molecule has 0 radical (unpaired) electrons. The van der Waals surface area contributed by atoms with Crippen molar-refractivity contribution in [1.29, 1.82) is 0 Å². The van der Waals surface area contributed by atoms with Gasteiger partial charge in [-0.25, -0.2) is 9.59 Å². The summed E-state index contributed by atoms with van der Waals surface area (Å²) in [6.45, 7) is 4.27. The van der Waals surface area contributed by atoms with Crippen molar-refractivity contribution in [3.63, 3.8) is 0 Å². The molecule has 0 bridgehead atoms. The summed E-state index contributed by atoms with van der Waals surface area (Å²) in [5.74, 6) is -1.73. The van der Waals surface area contributed by atoms with E-state index in [1.165, 1.54) is 31.2 Å². The van der Waals surface area contributed by atoms with Crippen LogP contribution in [-0.4, -0.2) is 36.0 Å². The number of amides is 3. The van der Waals surface area contributed by atoms with Crippen LogP contribution in [0.2, 0.25) is 0 Å². The van der Waals surface area contributed by atoms with Crippen LogP contribution < -0.4 is 10.6 Å². The summed E-state index contributed by atoms with van der Waals surface area (Å²) < 4.78 is 4.74. The van der Waals surface area contributed by atoms with Crippen molar-refractivity contribution in [2.75, 3.05) is 13.2 Å². The van der Waals surface area contributed by atoms with Crippen LogP contribution in [0, 0.1) is 17.0 Å². The number of nitrogens with one attached hydrogen (secondary N) is 2. The van der Waals surface area contributed by atoms with Crippen molar-refractivity contribution in [2.24, 2.45) is 0 Å². The first-order chi connectivity index (χ1) is 10.9. The number of ether oxygens (including phenoxy) is 1. The number of nitro benzene ring substituents is 1. The molecule has 122 valence electrons. The Morgan fingerprint density at radius 3 is 2.70 bits per heavy atom. The van der Waals surface area contributed by atoms with Crippen LogP contribution in [0.5, 0.6) is 0 Å². The number of carbonyl (C=O) groups excluding carboxylic acids is 3. The molecule has 0 aliphatic heterocycles. The van der Waals surface area contributed by atoms with Gasteiger partial charge in [-0.05, 0) is 13.0 Å². The minimum atomic E-state index is -0.896. The highest BCUT2D eigenvalue weighted by atomic mass is 16.6. The number of esters is 1. The van der Waals surface area contributed by atoms with Crippen LogP contribution in [0.3, 0.4) is 0 Å². The lowest BCUT2D eigenvalue weighted by molar-refractivity contribution is -0.385. The third-order valence-corrected chi connectivity index (χ3v) is 2.72. The second kappa shape index (κ2) is 8.27. The second-order valence-electron chi connectivity index (χ2n) is 4.33. The van der Waals surface area contributed by atoms with Gasteiger partial charge in [-0.1, -0.05) is 12.1 Å². The van der Waals surface area contributed by atoms with Crippen molar-refractivity contribution in [2.45, 2.75) is 6.92 Å². The van der Waals surface area contributed by atoms with Gasteiger partial charge in [0.15, 0.2) is 6.61 Å². The summed E-state index contributed by atoms with van der Waals surface area (Å²) in [4.78, 5) is 44.7. The van der Waals surface area contributed by atoms with Crippen LogP contribution >= 0.6 is 0 Å². The predicted molar refractivity (Wildman–Crippen MR) is 79.9 cm³/mol. The maximum absolute atomic E-state index is 11.9. The molecule has 0 aliphatic rings. The first kappa shape index (κ1) is 17.8. The number of rotatable bonds is 6. The Bertz CT molecular complexity index is 656. The van der Waals surface area contributed by atoms with E-state index in [0.717, 1.165) is 0 Å². The van der Waals surface area contributed by atoms with Gasteiger partial charge in [0.1, 0.15) is 0 Å². The number of hydrogen-bond acceptors (Lipinski definition) is 6. The molecule has 1 aromatic rings. The average Bonchev–Trinajstić information content (AvgIpc) is 2.50. The van der Waals surface area contributed by atoms with Crippen molar-refractivity contribution < 1.29 is 24.0 Å². The van der Waals surface area contributed by atoms with Gasteiger partial charge in [-0.15, -0.1) is 6.58 Å². The van der Waals surface area contributed by atoms with E-state index in [0.29, 0.717) is 0 Å². The van der Waals surface area contributed by atoms with E-state index in [1.54, 1.807) is 0 Å². The molecule has 2 N–H and O–H groups in total. The number of nitro groups is 1. The van der Waals surface area contributed by atoms with Crippen molar-refractivity contribution >= 4 is 23.6 Å². The molecule has 9 nitrogen and oxygen atoms in total. The monoisotopic (exact) mass is 321 g/mol. The molecule has 3 amide bonds. The maximum Gasteiger partial charge on any atom is 0.339 e. The topological polar surface area (TPSA) is 128 Å². The quantitative estimate of drug-likeness (QED) is 0.349. The highest BCUT2D eigenvalue weighted by Gasteiger charge is 2.20. The van der Waals surface area contributed by atoms with Gasteiger partial charge in [0, 0.05) is 18.2 Å². The lowest BCUT2D eigenvalue weighted by atomic mass is 10.1. The minimum Gasteiger partial charge on any atom is -0.452 e. The molecule has 0 spiro atoms. The van der Waals surface area contributed by atoms with Gasteiger partial charge in [0.2, 0.25) is 0 Å². The van der Waals surface area contributed by atoms with E-state index < -0.39 is 29.4 Å².